The Morgan fingerprint density at radius 3 is 2.65 bits per heavy atom. The maximum Gasteiger partial charge on any atom is 0.240 e. The zero-order chi connectivity index (χ0) is 14.4. The van der Waals surface area contributed by atoms with Gasteiger partial charge in [0.2, 0.25) is 5.91 Å². The van der Waals surface area contributed by atoms with Crippen LogP contribution in [-0.4, -0.2) is 74.1 Å². The zero-order valence-corrected chi connectivity index (χ0v) is 13.1. The summed E-state index contributed by atoms with van der Waals surface area (Å²) >= 11 is 0. The highest BCUT2D eigenvalue weighted by molar-refractivity contribution is 5.86. The summed E-state index contributed by atoms with van der Waals surface area (Å²) in [7, 11) is 2.18. The average Bonchev–Trinajstić information content (AvgIpc) is 2.95. The largest absolute Gasteiger partial charge is 0.354 e. The van der Waals surface area contributed by atoms with Crippen molar-refractivity contribution in [2.45, 2.75) is 38.1 Å². The first-order valence-electron chi connectivity index (χ1n) is 8.10. The Balaban J connectivity index is 1.62. The van der Waals surface area contributed by atoms with E-state index in [1.165, 1.54) is 0 Å². The van der Waals surface area contributed by atoms with E-state index < -0.39 is 0 Å². The van der Waals surface area contributed by atoms with Crippen molar-refractivity contribution in [3.8, 4) is 0 Å². The number of amides is 1. The van der Waals surface area contributed by atoms with Gasteiger partial charge in [-0.15, -0.1) is 0 Å². The van der Waals surface area contributed by atoms with Gasteiger partial charge in [0.05, 0.1) is 5.54 Å². The Bertz CT molecular complexity index is 307. The zero-order valence-electron chi connectivity index (χ0n) is 13.1. The number of hydrogen-bond acceptors (Lipinski definition) is 4. The van der Waals surface area contributed by atoms with Gasteiger partial charge in [0.15, 0.2) is 0 Å². The molecule has 0 aliphatic carbocycles. The lowest BCUT2D eigenvalue weighted by molar-refractivity contribution is -0.127. The van der Waals surface area contributed by atoms with Gasteiger partial charge in [0, 0.05) is 32.7 Å². The molecule has 2 heterocycles. The van der Waals surface area contributed by atoms with E-state index in [1.807, 2.05) is 0 Å². The molecule has 0 aromatic heterocycles. The van der Waals surface area contributed by atoms with Gasteiger partial charge in [-0.2, -0.15) is 0 Å². The van der Waals surface area contributed by atoms with E-state index in [9.17, 15) is 4.79 Å². The maximum absolute atomic E-state index is 12.3. The van der Waals surface area contributed by atoms with E-state index in [0.717, 1.165) is 71.5 Å². The maximum atomic E-state index is 12.3. The van der Waals surface area contributed by atoms with E-state index in [2.05, 4.69) is 34.4 Å². The second kappa shape index (κ2) is 7.38. The monoisotopic (exact) mass is 282 g/mol. The van der Waals surface area contributed by atoms with Crippen molar-refractivity contribution in [2.75, 3.05) is 52.9 Å². The molecular weight excluding hydrogens is 252 g/mol. The summed E-state index contributed by atoms with van der Waals surface area (Å²) in [6.45, 7) is 9.61. The number of carbonyl (C=O) groups is 1. The summed E-state index contributed by atoms with van der Waals surface area (Å²) in [5.74, 6) is 0.205. The molecule has 2 saturated heterocycles. The summed E-state index contributed by atoms with van der Waals surface area (Å²) in [6, 6.07) is 0. The summed E-state index contributed by atoms with van der Waals surface area (Å²) in [5, 5.41) is 6.51. The van der Waals surface area contributed by atoms with Gasteiger partial charge in [0.25, 0.3) is 0 Å². The minimum atomic E-state index is -0.284. The lowest BCUT2D eigenvalue weighted by atomic mass is 9.93. The summed E-state index contributed by atoms with van der Waals surface area (Å²) < 4.78 is 0. The van der Waals surface area contributed by atoms with Crippen LogP contribution >= 0.6 is 0 Å². The number of piperazine rings is 1. The third-order valence-corrected chi connectivity index (χ3v) is 4.81. The van der Waals surface area contributed by atoms with Crippen molar-refractivity contribution >= 4 is 5.91 Å². The molecular formula is C15H30N4O. The second-order valence-corrected chi connectivity index (χ2v) is 6.22. The minimum Gasteiger partial charge on any atom is -0.354 e. The molecule has 2 aliphatic heterocycles. The SMILES string of the molecule is CCC1(C(=O)NCCCN2CCN(C)CC2)CCCN1. The lowest BCUT2D eigenvalue weighted by Gasteiger charge is -2.32. The van der Waals surface area contributed by atoms with Crippen LogP contribution < -0.4 is 10.6 Å². The van der Waals surface area contributed by atoms with Crippen LogP contribution in [0.2, 0.25) is 0 Å². The normalized spacial score (nSPS) is 28.7. The Labute approximate surface area is 123 Å². The van der Waals surface area contributed by atoms with Crippen LogP contribution in [0.3, 0.4) is 0 Å². The molecule has 0 radical (unpaired) electrons. The number of carbonyl (C=O) groups excluding carboxylic acids is 1. The van der Waals surface area contributed by atoms with Crippen LogP contribution in [0.25, 0.3) is 0 Å². The fourth-order valence-corrected chi connectivity index (χ4v) is 3.21. The van der Waals surface area contributed by atoms with Crippen molar-refractivity contribution in [1.82, 2.24) is 20.4 Å². The van der Waals surface area contributed by atoms with Gasteiger partial charge >= 0.3 is 0 Å². The van der Waals surface area contributed by atoms with Crippen LogP contribution in [0.4, 0.5) is 0 Å². The fraction of sp³-hybridized carbons (Fsp3) is 0.933. The lowest BCUT2D eigenvalue weighted by Crippen LogP contribution is -2.53. The van der Waals surface area contributed by atoms with Gasteiger partial charge in [0.1, 0.15) is 0 Å². The molecule has 20 heavy (non-hydrogen) atoms. The Hall–Kier alpha value is -0.650. The predicted octanol–water partition coefficient (Wildman–Crippen LogP) is 0.272. The molecule has 0 bridgehead atoms. The molecule has 2 fully saturated rings. The van der Waals surface area contributed by atoms with Crippen molar-refractivity contribution in [1.29, 1.82) is 0 Å². The Kier molecular flexibility index (Phi) is 5.81. The Morgan fingerprint density at radius 1 is 1.30 bits per heavy atom. The standard InChI is InChI=1S/C15H30N4O/c1-3-15(6-4-8-17-15)14(20)16-7-5-9-19-12-10-18(2)11-13-19/h17H,3-13H2,1-2H3,(H,16,20). The molecule has 0 saturated carbocycles. The van der Waals surface area contributed by atoms with Crippen LogP contribution in [0.1, 0.15) is 32.6 Å². The average molecular weight is 282 g/mol. The van der Waals surface area contributed by atoms with E-state index in [0.29, 0.717) is 0 Å². The molecule has 1 unspecified atom stereocenters. The van der Waals surface area contributed by atoms with E-state index in [1.54, 1.807) is 0 Å². The molecule has 1 atom stereocenters. The van der Waals surface area contributed by atoms with Crippen molar-refractivity contribution in [3.63, 3.8) is 0 Å². The highest BCUT2D eigenvalue weighted by Crippen LogP contribution is 2.22. The molecule has 5 heteroatoms. The van der Waals surface area contributed by atoms with Gasteiger partial charge in [-0.05, 0) is 45.8 Å². The Morgan fingerprint density at radius 2 is 2.05 bits per heavy atom. The number of nitrogens with zero attached hydrogens (tertiary/aromatic N) is 2. The molecule has 2 aliphatic rings. The van der Waals surface area contributed by atoms with Crippen molar-refractivity contribution < 1.29 is 4.79 Å². The molecule has 2 rings (SSSR count). The minimum absolute atomic E-state index is 0.205. The third-order valence-electron chi connectivity index (χ3n) is 4.81. The summed E-state index contributed by atoms with van der Waals surface area (Å²) in [4.78, 5) is 17.2. The number of likely N-dealkylation sites (N-methyl/N-ethyl adjacent to an activating group) is 1. The number of nitrogens with one attached hydrogen (secondary N) is 2. The van der Waals surface area contributed by atoms with Crippen LogP contribution in [0.15, 0.2) is 0 Å². The number of hydrogen-bond donors (Lipinski definition) is 2. The first-order chi connectivity index (χ1) is 9.66. The van der Waals surface area contributed by atoms with E-state index in [-0.39, 0.29) is 11.4 Å². The van der Waals surface area contributed by atoms with Gasteiger partial charge in [-0.3, -0.25) is 4.79 Å². The molecule has 5 nitrogen and oxygen atoms in total. The van der Waals surface area contributed by atoms with Gasteiger partial charge in [-0.1, -0.05) is 6.92 Å². The quantitative estimate of drug-likeness (QED) is 0.687. The molecule has 116 valence electrons. The van der Waals surface area contributed by atoms with Crippen molar-refractivity contribution in [2.24, 2.45) is 0 Å². The first kappa shape index (κ1) is 15.7. The number of rotatable bonds is 6. The molecule has 0 aromatic carbocycles. The molecule has 0 spiro atoms. The molecule has 1 amide bonds. The first-order valence-corrected chi connectivity index (χ1v) is 8.10. The van der Waals surface area contributed by atoms with E-state index >= 15 is 0 Å². The third kappa shape index (κ3) is 3.93. The highest BCUT2D eigenvalue weighted by atomic mass is 16.2. The highest BCUT2D eigenvalue weighted by Gasteiger charge is 2.38. The topological polar surface area (TPSA) is 47.6 Å². The fourth-order valence-electron chi connectivity index (χ4n) is 3.21. The summed E-state index contributed by atoms with van der Waals surface area (Å²) in [6.07, 6.45) is 4.03. The van der Waals surface area contributed by atoms with E-state index in [4.69, 9.17) is 0 Å². The molecule has 2 N–H and O–H groups in total. The van der Waals surface area contributed by atoms with Gasteiger partial charge in [-0.25, -0.2) is 0 Å². The van der Waals surface area contributed by atoms with Crippen molar-refractivity contribution in [3.05, 3.63) is 0 Å². The smallest absolute Gasteiger partial charge is 0.240 e. The van der Waals surface area contributed by atoms with Crippen LogP contribution in [-0.2, 0) is 4.79 Å². The predicted molar refractivity (Wildman–Crippen MR) is 81.8 cm³/mol. The van der Waals surface area contributed by atoms with Crippen LogP contribution in [0, 0.1) is 0 Å². The van der Waals surface area contributed by atoms with Gasteiger partial charge < -0.3 is 20.4 Å². The van der Waals surface area contributed by atoms with Crippen LogP contribution in [0.5, 0.6) is 0 Å². The molecule has 0 aromatic rings. The summed E-state index contributed by atoms with van der Waals surface area (Å²) in [5.41, 5.74) is -0.284. The second-order valence-electron chi connectivity index (χ2n) is 6.22.